The van der Waals surface area contributed by atoms with Crippen LogP contribution in [0.3, 0.4) is 0 Å². The summed E-state index contributed by atoms with van der Waals surface area (Å²) in [4.78, 5) is 101. The van der Waals surface area contributed by atoms with Crippen LogP contribution < -0.4 is 10.7 Å². The molecule has 4 aliphatic rings. The second kappa shape index (κ2) is 16.4. The lowest BCUT2D eigenvalue weighted by atomic mass is 9.72. The monoisotopic (exact) mass is 768 g/mol. The molecular formula is C38H36N6O12. The molecule has 0 bridgehead atoms. The number of methoxy groups -OCH3 is 1. The maximum atomic E-state index is 13.7. The van der Waals surface area contributed by atoms with Crippen LogP contribution in [0.5, 0.6) is 5.75 Å². The van der Waals surface area contributed by atoms with Gasteiger partial charge in [0.15, 0.2) is 11.6 Å². The third-order valence-electron chi connectivity index (χ3n) is 10.2. The molecule has 18 nitrogen and oxygen atoms in total. The zero-order chi connectivity index (χ0) is 40.3. The van der Waals surface area contributed by atoms with Crippen LogP contribution in [0.15, 0.2) is 63.6 Å². The van der Waals surface area contributed by atoms with Gasteiger partial charge >= 0.3 is 0 Å². The maximum Gasteiger partial charge on any atom is 0.284 e. The van der Waals surface area contributed by atoms with Crippen molar-refractivity contribution in [2.24, 2.45) is 16.2 Å². The molecule has 1 aliphatic heterocycles. The molecule has 6 rings (SSSR count). The summed E-state index contributed by atoms with van der Waals surface area (Å²) in [5.74, 6) is -4.34. The number of amides is 4. The van der Waals surface area contributed by atoms with E-state index in [0.29, 0.717) is 37.9 Å². The number of anilines is 1. The maximum absolute atomic E-state index is 13.7. The fourth-order valence-electron chi connectivity index (χ4n) is 7.45. The molecule has 0 aromatic heterocycles. The molecule has 3 aliphatic carbocycles. The minimum Gasteiger partial charge on any atom is -0.507 e. The van der Waals surface area contributed by atoms with E-state index in [-0.39, 0.29) is 100 Å². The van der Waals surface area contributed by atoms with Crippen molar-refractivity contribution in [1.29, 1.82) is 0 Å². The van der Waals surface area contributed by atoms with E-state index in [1.807, 2.05) is 0 Å². The standard InChI is InChI=1S/C38H36N6O12/c1-56-27-7-5-6-23-31(27)37(51)32-33(35(23)49)36(50)24-16-19(9-11-21(24)34(32)42-53)25(18-45)40-41-38(52)22-12-10-20(17-26(22)44(54)55)39-28(46)8-3-2-4-15-43-29(47)13-14-30(43)48/h6,10,12-14,17,19,45,50H,2-5,7-9,11,15-16,18H2,1H3,(H,39,46)(H,41,52)/b40-25+. The van der Waals surface area contributed by atoms with Crippen molar-refractivity contribution in [3.05, 3.63) is 96.2 Å². The number of fused-ring (bicyclic) bond motifs is 3. The van der Waals surface area contributed by atoms with Gasteiger partial charge in [-0.2, -0.15) is 5.10 Å². The quantitative estimate of drug-likeness (QED) is 0.0531. The molecule has 2 aromatic carbocycles. The summed E-state index contributed by atoms with van der Waals surface area (Å²) >= 11 is 0. The van der Waals surface area contributed by atoms with Crippen LogP contribution in [0.25, 0.3) is 0 Å². The third kappa shape index (κ3) is 7.37. The molecule has 2 aromatic rings. The largest absolute Gasteiger partial charge is 0.507 e. The molecule has 0 radical (unpaired) electrons. The van der Waals surface area contributed by atoms with E-state index < -0.39 is 52.3 Å². The number of nitroso groups, excluding NO2 is 1. The Morgan fingerprint density at radius 3 is 2.46 bits per heavy atom. The second-order valence-corrected chi connectivity index (χ2v) is 13.5. The SMILES string of the molecule is COC1=C2C(=O)c3c(N=O)c4c(c(O)c3C(=O)C2=CCC1)CC(/C(CO)=N/NC(=O)c1ccc(NC(=O)CCCCCN2C(=O)C=CC2=O)cc1[N+](=O)[O-])CC4. The van der Waals surface area contributed by atoms with Gasteiger partial charge in [-0.3, -0.25) is 43.8 Å². The number of carbonyl (C=O) groups is 6. The van der Waals surface area contributed by atoms with Gasteiger partial charge in [0.05, 0.1) is 41.1 Å². The summed E-state index contributed by atoms with van der Waals surface area (Å²) in [6.07, 6.45) is 6.56. The highest BCUT2D eigenvalue weighted by Crippen LogP contribution is 2.49. The number of hydrogen-bond donors (Lipinski definition) is 4. The first-order valence-corrected chi connectivity index (χ1v) is 17.8. The predicted molar refractivity (Wildman–Crippen MR) is 197 cm³/mol. The predicted octanol–water partition coefficient (Wildman–Crippen LogP) is 4.01. The van der Waals surface area contributed by atoms with E-state index in [2.05, 4.69) is 21.0 Å². The molecule has 18 heteroatoms. The van der Waals surface area contributed by atoms with Crippen molar-refractivity contribution in [3.8, 4) is 5.75 Å². The second-order valence-electron chi connectivity index (χ2n) is 13.5. The van der Waals surface area contributed by atoms with Gasteiger partial charge in [-0.05, 0) is 61.4 Å². The smallest absolute Gasteiger partial charge is 0.284 e. The Labute approximate surface area is 318 Å². The van der Waals surface area contributed by atoms with Crippen LogP contribution in [0, 0.1) is 20.9 Å². The lowest BCUT2D eigenvalue weighted by Crippen LogP contribution is -2.31. The van der Waals surface area contributed by atoms with Gasteiger partial charge < -0.3 is 20.3 Å². The van der Waals surface area contributed by atoms with E-state index in [9.17, 15) is 54.0 Å². The van der Waals surface area contributed by atoms with Crippen molar-refractivity contribution in [2.75, 3.05) is 25.6 Å². The molecule has 4 amide bonds. The van der Waals surface area contributed by atoms with Gasteiger partial charge in [0, 0.05) is 60.3 Å². The summed E-state index contributed by atoms with van der Waals surface area (Å²) in [6.45, 7) is -0.438. The number of Topliss-reactive ketones (excluding diaryl/α,β-unsaturated/α-hetero) is 2. The summed E-state index contributed by atoms with van der Waals surface area (Å²) in [7, 11) is 1.38. The first-order valence-electron chi connectivity index (χ1n) is 17.8. The number of benzene rings is 2. The van der Waals surface area contributed by atoms with Gasteiger partial charge in [-0.25, -0.2) is 5.43 Å². The zero-order valence-electron chi connectivity index (χ0n) is 30.1. The van der Waals surface area contributed by atoms with Crippen molar-refractivity contribution >= 4 is 58.0 Å². The molecule has 0 spiro atoms. The number of nitro groups is 1. The van der Waals surface area contributed by atoms with Crippen molar-refractivity contribution in [1.82, 2.24) is 10.3 Å². The molecule has 0 saturated carbocycles. The number of rotatable bonds is 14. The zero-order valence-corrected chi connectivity index (χ0v) is 30.1. The normalized spacial score (nSPS) is 17.6. The number of aliphatic hydroxyl groups is 1. The molecule has 1 heterocycles. The summed E-state index contributed by atoms with van der Waals surface area (Å²) in [5, 5.41) is 43.3. The van der Waals surface area contributed by atoms with Crippen molar-refractivity contribution in [2.45, 2.75) is 57.8 Å². The minimum absolute atomic E-state index is 0.0361. The number of unbranched alkanes of at least 4 members (excludes halogenated alkanes) is 2. The fraction of sp³-hybridized carbons (Fsp3) is 0.342. The number of nitrogens with one attached hydrogen (secondary N) is 2. The average Bonchev–Trinajstić information content (AvgIpc) is 3.52. The summed E-state index contributed by atoms with van der Waals surface area (Å²) < 4.78 is 5.37. The van der Waals surface area contributed by atoms with Crippen LogP contribution in [0.4, 0.5) is 17.1 Å². The van der Waals surface area contributed by atoms with Crippen molar-refractivity contribution < 1.29 is 48.6 Å². The number of ether oxygens (including phenoxy) is 1. The highest BCUT2D eigenvalue weighted by atomic mass is 16.6. The van der Waals surface area contributed by atoms with E-state index in [1.165, 1.54) is 25.3 Å². The van der Waals surface area contributed by atoms with Gasteiger partial charge in [0.2, 0.25) is 5.91 Å². The third-order valence-corrected chi connectivity index (χ3v) is 10.2. The number of nitrogens with zero attached hydrogens (tertiary/aromatic N) is 4. The summed E-state index contributed by atoms with van der Waals surface area (Å²) in [6, 6.07) is 3.46. The number of nitro benzene ring substituents is 1. The van der Waals surface area contributed by atoms with Gasteiger partial charge in [-0.15, -0.1) is 4.91 Å². The Balaban J connectivity index is 1.13. The van der Waals surface area contributed by atoms with Crippen LogP contribution in [0.1, 0.15) is 87.1 Å². The number of aromatic hydroxyl groups is 1. The van der Waals surface area contributed by atoms with Crippen LogP contribution in [-0.4, -0.2) is 81.2 Å². The Morgan fingerprint density at radius 1 is 1.04 bits per heavy atom. The Morgan fingerprint density at radius 2 is 1.79 bits per heavy atom. The molecular weight excluding hydrogens is 732 g/mol. The number of imide groups is 1. The van der Waals surface area contributed by atoms with Gasteiger partial charge in [0.1, 0.15) is 22.8 Å². The number of carbonyl (C=O) groups excluding carboxylic acids is 6. The first-order chi connectivity index (χ1) is 26.9. The molecule has 1 unspecified atom stereocenters. The number of phenols is 1. The molecule has 56 heavy (non-hydrogen) atoms. The number of hydrazone groups is 1. The number of allylic oxidation sites excluding steroid dienone is 4. The molecule has 4 N–H and O–H groups in total. The average molecular weight is 769 g/mol. The number of hydrogen-bond acceptors (Lipinski definition) is 14. The minimum atomic E-state index is -0.990. The van der Waals surface area contributed by atoms with E-state index in [1.54, 1.807) is 6.08 Å². The number of aliphatic hydroxyl groups excluding tert-OH is 1. The van der Waals surface area contributed by atoms with E-state index >= 15 is 0 Å². The number of phenolic OH excluding ortho intramolecular Hbond substituents is 1. The number of ketones is 2. The highest BCUT2D eigenvalue weighted by molar-refractivity contribution is 6.34. The first kappa shape index (κ1) is 39.0. The van der Waals surface area contributed by atoms with Crippen molar-refractivity contribution in [3.63, 3.8) is 0 Å². The van der Waals surface area contributed by atoms with Crippen LogP contribution in [-0.2, 0) is 32.0 Å². The van der Waals surface area contributed by atoms with Gasteiger partial charge in [0.25, 0.3) is 23.4 Å². The Bertz CT molecular complexity index is 2220. The topological polar surface area (TPSA) is 264 Å². The Hall–Kier alpha value is -6.69. The van der Waals surface area contributed by atoms with E-state index in [0.717, 1.165) is 17.0 Å². The van der Waals surface area contributed by atoms with Crippen LogP contribution >= 0.6 is 0 Å². The molecule has 1 atom stereocenters. The fourth-order valence-corrected chi connectivity index (χ4v) is 7.45. The van der Waals surface area contributed by atoms with Gasteiger partial charge in [-0.1, -0.05) is 12.5 Å². The molecule has 290 valence electrons. The van der Waals surface area contributed by atoms with Crippen LogP contribution in [0.2, 0.25) is 0 Å². The summed E-state index contributed by atoms with van der Waals surface area (Å²) in [5.41, 5.74) is 0.946. The Kier molecular flexibility index (Phi) is 11.4. The van der Waals surface area contributed by atoms with E-state index in [4.69, 9.17) is 4.74 Å². The lowest BCUT2D eigenvalue weighted by molar-refractivity contribution is -0.385. The lowest BCUT2D eigenvalue weighted by Gasteiger charge is -2.31. The molecule has 0 fully saturated rings. The highest BCUT2D eigenvalue weighted by Gasteiger charge is 2.43. The molecule has 0 saturated heterocycles.